The second-order valence-corrected chi connectivity index (χ2v) is 12.4. The van der Waals surface area contributed by atoms with E-state index in [4.69, 9.17) is 0 Å². The van der Waals surface area contributed by atoms with E-state index < -0.39 is 7.26 Å². The van der Waals surface area contributed by atoms with Crippen LogP contribution in [0.3, 0.4) is 0 Å². The molecule has 0 bridgehead atoms. The Hall–Kier alpha value is -1.43. The van der Waals surface area contributed by atoms with Crippen molar-refractivity contribution in [3.8, 4) is 0 Å². The summed E-state index contributed by atoms with van der Waals surface area (Å²) in [6.07, 6.45) is 2.69. The summed E-state index contributed by atoms with van der Waals surface area (Å²) in [5.41, 5.74) is 0. The first-order valence-corrected chi connectivity index (χ1v) is 11.6. The van der Waals surface area contributed by atoms with Gasteiger partial charge in [0, 0.05) is 0 Å². The van der Waals surface area contributed by atoms with Gasteiger partial charge in [-0.15, -0.1) is 0 Å². The van der Waals surface area contributed by atoms with E-state index in [2.05, 4.69) is 107 Å². The van der Waals surface area contributed by atoms with Crippen LogP contribution in [-0.2, 0) is 0 Å². The van der Waals surface area contributed by atoms with Gasteiger partial charge in [0.05, 0.1) is 0 Å². The summed E-state index contributed by atoms with van der Waals surface area (Å²) in [5, 5.41) is 4.49. The zero-order valence-electron chi connectivity index (χ0n) is 13.6. The van der Waals surface area contributed by atoms with Crippen LogP contribution in [-0.4, -0.2) is 4.57 Å². The summed E-state index contributed by atoms with van der Waals surface area (Å²) in [5.74, 6) is 0.789. The molecule has 0 aromatic heterocycles. The molecule has 3 aromatic carbocycles. The maximum absolute atomic E-state index is 4.20. The Morgan fingerprint density at radius 2 is 0.958 bits per heavy atom. The topological polar surface area (TPSA) is 0 Å². The Balaban J connectivity index is 2.03. The number of hydrogen-bond acceptors (Lipinski definition) is 0. The Bertz CT molecular complexity index is 685. The Kier molecular flexibility index (Phi) is 4.57. The Morgan fingerprint density at radius 1 is 0.625 bits per heavy atom. The minimum absolute atomic E-state index is 0.525. The van der Waals surface area contributed by atoms with Gasteiger partial charge in [-0.05, 0) is 0 Å². The predicted octanol–water partition coefficient (Wildman–Crippen LogP) is 4.84. The summed E-state index contributed by atoms with van der Waals surface area (Å²) in [6, 6.07) is 33.5. The number of benzene rings is 3. The van der Waals surface area contributed by atoms with Crippen LogP contribution in [0.25, 0.3) is 0 Å². The molecule has 0 amide bonds. The Morgan fingerprint density at radius 3 is 1.25 bits per heavy atom. The van der Waals surface area contributed by atoms with Crippen LogP contribution in [0.2, 0.25) is 0 Å². The molecule has 122 valence electrons. The van der Waals surface area contributed by atoms with E-state index in [9.17, 15) is 0 Å². The molecule has 1 atom stereocenters. The summed E-state index contributed by atoms with van der Waals surface area (Å²) < 4.78 is 0.525. The average Bonchev–Trinajstić information content (AvgIpc) is 3.50. The number of halogens is 1. The minimum atomic E-state index is -2.11. The first-order chi connectivity index (χ1) is 11.8. The molecule has 1 unspecified atom stereocenters. The summed E-state index contributed by atoms with van der Waals surface area (Å²) in [4.78, 5) is 0. The first kappa shape index (κ1) is 16.1. The van der Waals surface area contributed by atoms with Gasteiger partial charge in [-0.2, -0.15) is 0 Å². The molecule has 0 nitrogen and oxygen atoms in total. The van der Waals surface area contributed by atoms with Crippen molar-refractivity contribution in [1.29, 1.82) is 0 Å². The molecule has 0 spiro atoms. The van der Waals surface area contributed by atoms with Crippen LogP contribution in [0.1, 0.15) is 12.8 Å². The monoisotopic (exact) mass is 396 g/mol. The van der Waals surface area contributed by atoms with Gasteiger partial charge >= 0.3 is 153 Å². The maximum atomic E-state index is 4.20. The van der Waals surface area contributed by atoms with Crippen LogP contribution in [0, 0.1) is 5.92 Å². The number of rotatable bonds is 5. The van der Waals surface area contributed by atoms with Crippen LogP contribution in [0.5, 0.6) is 0 Å². The van der Waals surface area contributed by atoms with Crippen molar-refractivity contribution in [3.63, 3.8) is 0 Å². The van der Waals surface area contributed by atoms with Gasteiger partial charge in [-0.1, -0.05) is 0 Å². The van der Waals surface area contributed by atoms with Gasteiger partial charge < -0.3 is 0 Å². The second-order valence-electron chi connectivity index (χ2n) is 6.65. The summed E-state index contributed by atoms with van der Waals surface area (Å²) >= 11 is 4.20. The van der Waals surface area contributed by atoms with Crippen LogP contribution in [0.4, 0.5) is 0 Å². The molecule has 2 heteroatoms. The number of alkyl halides is 1. The van der Waals surface area contributed by atoms with E-state index in [1.807, 2.05) is 0 Å². The van der Waals surface area contributed by atoms with Crippen molar-refractivity contribution >= 4 is 39.1 Å². The quantitative estimate of drug-likeness (QED) is 0.427. The molecule has 0 aliphatic heterocycles. The van der Waals surface area contributed by atoms with E-state index in [-0.39, 0.29) is 0 Å². The summed E-state index contributed by atoms with van der Waals surface area (Å²) in [7, 11) is -2.11. The van der Waals surface area contributed by atoms with E-state index in [0.717, 1.165) is 5.92 Å². The third-order valence-electron chi connectivity index (χ3n) is 5.14. The first-order valence-electron chi connectivity index (χ1n) is 8.64. The molecule has 1 aliphatic rings. The molecule has 0 N–H and O–H groups in total. The number of hydrogen-bond donors (Lipinski definition) is 0. The molecular weight excluding hydrogens is 375 g/mol. The van der Waals surface area contributed by atoms with E-state index in [0.29, 0.717) is 4.57 Å². The van der Waals surface area contributed by atoms with Gasteiger partial charge in [0.15, 0.2) is 0 Å². The molecule has 1 fully saturated rings. The van der Waals surface area contributed by atoms with Crippen molar-refractivity contribution in [2.24, 2.45) is 5.92 Å². The fourth-order valence-electron chi connectivity index (χ4n) is 3.82. The van der Waals surface area contributed by atoms with E-state index in [1.54, 1.807) is 0 Å². The van der Waals surface area contributed by atoms with Gasteiger partial charge in [-0.3, -0.25) is 0 Å². The molecule has 24 heavy (non-hydrogen) atoms. The van der Waals surface area contributed by atoms with Crippen molar-refractivity contribution < 1.29 is 0 Å². The fourth-order valence-corrected chi connectivity index (χ4v) is 11.9. The van der Waals surface area contributed by atoms with Gasteiger partial charge in [-0.25, -0.2) is 0 Å². The van der Waals surface area contributed by atoms with Crippen molar-refractivity contribution in [1.82, 2.24) is 0 Å². The molecule has 1 aliphatic carbocycles. The third kappa shape index (κ3) is 2.75. The van der Waals surface area contributed by atoms with Crippen molar-refractivity contribution in [3.05, 3.63) is 91.0 Å². The van der Waals surface area contributed by atoms with E-state index in [1.165, 1.54) is 28.8 Å². The second kappa shape index (κ2) is 6.82. The van der Waals surface area contributed by atoms with Gasteiger partial charge in [0.25, 0.3) is 0 Å². The molecule has 1 saturated carbocycles. The molecule has 0 heterocycles. The third-order valence-corrected chi connectivity index (χ3v) is 13.0. The van der Waals surface area contributed by atoms with Crippen molar-refractivity contribution in [2.75, 3.05) is 0 Å². The van der Waals surface area contributed by atoms with Crippen molar-refractivity contribution in [2.45, 2.75) is 17.4 Å². The SMILES string of the molecule is BrC(C1CC1)[PH](c1ccccc1)(c1ccccc1)c1ccccc1. The van der Waals surface area contributed by atoms with Crippen LogP contribution >= 0.6 is 23.2 Å². The Labute approximate surface area is 153 Å². The molecular formula is C22H22BrP. The van der Waals surface area contributed by atoms with Crippen LogP contribution < -0.4 is 15.9 Å². The van der Waals surface area contributed by atoms with E-state index >= 15 is 0 Å². The zero-order chi connectivity index (χ0) is 16.4. The normalized spacial score (nSPS) is 16.5. The standard InChI is InChI=1S/C22H22BrP/c23-22(18-16-17-18)24(19-10-4-1-5-11-19,20-12-6-2-7-13-20)21-14-8-3-9-15-21/h1-15,18,22,24H,16-17H2. The predicted molar refractivity (Wildman–Crippen MR) is 112 cm³/mol. The molecule has 3 aromatic rings. The van der Waals surface area contributed by atoms with Crippen LogP contribution in [0.15, 0.2) is 91.0 Å². The molecule has 0 saturated heterocycles. The van der Waals surface area contributed by atoms with Gasteiger partial charge in [0.1, 0.15) is 0 Å². The zero-order valence-corrected chi connectivity index (χ0v) is 16.2. The molecule has 0 radical (unpaired) electrons. The average molecular weight is 397 g/mol. The fraction of sp³-hybridized carbons (Fsp3) is 0.182. The molecule has 4 rings (SSSR count). The van der Waals surface area contributed by atoms with Gasteiger partial charge in [0.2, 0.25) is 0 Å². The summed E-state index contributed by atoms with van der Waals surface area (Å²) in [6.45, 7) is 0.